The first-order valence-corrected chi connectivity index (χ1v) is 8.53. The highest BCUT2D eigenvalue weighted by atomic mass is 31.0. The number of hydrogen-bond donors (Lipinski definition) is 1. The van der Waals surface area contributed by atoms with Gasteiger partial charge >= 0.3 is 5.97 Å². The Morgan fingerprint density at radius 2 is 1.54 bits per heavy atom. The molecule has 3 unspecified atom stereocenters. The summed E-state index contributed by atoms with van der Waals surface area (Å²) in [7, 11) is 2.43. The zero-order valence-electron chi connectivity index (χ0n) is 13.6. The SMILES string of the molecule is CC(P)C(=O)NC(Cc1ccccc1)C(=O)OCc1ccccc1. The second kappa shape index (κ2) is 9.19. The standard InChI is InChI=1S/C19H22NO3P/c1-14(24)18(21)20-17(12-15-8-4-2-5-9-15)19(22)23-13-16-10-6-3-7-11-16/h2-11,14,17H,12-13,24H2,1H3,(H,20,21). The number of carbonyl (C=O) groups excluding carboxylic acids is 2. The topological polar surface area (TPSA) is 55.4 Å². The molecule has 0 radical (unpaired) electrons. The zero-order valence-corrected chi connectivity index (χ0v) is 14.8. The number of nitrogens with one attached hydrogen (secondary N) is 1. The monoisotopic (exact) mass is 343 g/mol. The molecule has 0 aromatic heterocycles. The largest absolute Gasteiger partial charge is 0.459 e. The van der Waals surface area contributed by atoms with Crippen molar-refractivity contribution in [1.82, 2.24) is 5.32 Å². The summed E-state index contributed by atoms with van der Waals surface area (Å²) < 4.78 is 5.38. The van der Waals surface area contributed by atoms with Crippen LogP contribution < -0.4 is 5.32 Å². The average molecular weight is 343 g/mol. The van der Waals surface area contributed by atoms with Crippen LogP contribution >= 0.6 is 9.24 Å². The predicted molar refractivity (Wildman–Crippen MR) is 97.5 cm³/mol. The van der Waals surface area contributed by atoms with Gasteiger partial charge in [-0.3, -0.25) is 4.79 Å². The fourth-order valence-corrected chi connectivity index (χ4v) is 2.27. The Bertz CT molecular complexity index is 659. The molecule has 24 heavy (non-hydrogen) atoms. The van der Waals surface area contributed by atoms with E-state index in [9.17, 15) is 9.59 Å². The number of ether oxygens (including phenoxy) is 1. The minimum absolute atomic E-state index is 0.192. The molecule has 0 saturated carbocycles. The van der Waals surface area contributed by atoms with Crippen molar-refractivity contribution >= 4 is 21.1 Å². The number of esters is 1. The fraction of sp³-hybridized carbons (Fsp3) is 0.263. The van der Waals surface area contributed by atoms with Crippen LogP contribution in [0.1, 0.15) is 18.1 Å². The highest BCUT2D eigenvalue weighted by Gasteiger charge is 2.24. The van der Waals surface area contributed by atoms with E-state index in [0.717, 1.165) is 11.1 Å². The molecule has 0 saturated heterocycles. The highest BCUT2D eigenvalue weighted by Crippen LogP contribution is 2.08. The van der Waals surface area contributed by atoms with Crippen molar-refractivity contribution in [1.29, 1.82) is 0 Å². The van der Waals surface area contributed by atoms with Gasteiger partial charge in [-0.1, -0.05) is 67.6 Å². The second-order valence-electron chi connectivity index (χ2n) is 5.63. The van der Waals surface area contributed by atoms with Crippen molar-refractivity contribution in [2.24, 2.45) is 0 Å². The Hall–Kier alpha value is -2.19. The molecule has 0 spiro atoms. The lowest BCUT2D eigenvalue weighted by molar-refractivity contribution is -0.149. The van der Waals surface area contributed by atoms with Gasteiger partial charge in [0.05, 0.1) is 0 Å². The molecule has 1 amide bonds. The first-order chi connectivity index (χ1) is 11.6. The predicted octanol–water partition coefficient (Wildman–Crippen LogP) is 2.72. The molecule has 0 aliphatic carbocycles. The van der Waals surface area contributed by atoms with E-state index in [1.54, 1.807) is 6.92 Å². The lowest BCUT2D eigenvalue weighted by Crippen LogP contribution is -2.45. The summed E-state index contributed by atoms with van der Waals surface area (Å²) in [6.07, 6.45) is 0.400. The van der Waals surface area contributed by atoms with Crippen LogP contribution in [0, 0.1) is 0 Å². The van der Waals surface area contributed by atoms with Crippen molar-refractivity contribution in [2.75, 3.05) is 0 Å². The number of benzene rings is 2. The summed E-state index contributed by atoms with van der Waals surface area (Å²) in [5, 5.41) is 2.77. The van der Waals surface area contributed by atoms with E-state index in [-0.39, 0.29) is 18.2 Å². The molecule has 2 aromatic rings. The van der Waals surface area contributed by atoms with Gasteiger partial charge in [-0.15, -0.1) is 9.24 Å². The summed E-state index contributed by atoms with van der Waals surface area (Å²) in [5.41, 5.74) is 1.61. The molecular weight excluding hydrogens is 321 g/mol. The molecule has 5 heteroatoms. The van der Waals surface area contributed by atoms with Gasteiger partial charge in [-0.25, -0.2) is 4.79 Å². The van der Waals surface area contributed by atoms with Gasteiger partial charge in [0.1, 0.15) is 12.6 Å². The van der Waals surface area contributed by atoms with E-state index >= 15 is 0 Å². The maximum Gasteiger partial charge on any atom is 0.329 e. The van der Waals surface area contributed by atoms with E-state index in [4.69, 9.17) is 4.74 Å². The van der Waals surface area contributed by atoms with Crippen molar-refractivity contribution in [3.8, 4) is 0 Å². The van der Waals surface area contributed by atoms with Gasteiger partial charge in [0.15, 0.2) is 0 Å². The number of carbonyl (C=O) groups is 2. The molecule has 2 aromatic carbocycles. The van der Waals surface area contributed by atoms with Crippen LogP contribution in [0.25, 0.3) is 0 Å². The molecule has 0 aliphatic heterocycles. The third-order valence-electron chi connectivity index (χ3n) is 3.52. The van der Waals surface area contributed by atoms with Gasteiger partial charge in [0, 0.05) is 12.1 Å². The smallest absolute Gasteiger partial charge is 0.329 e. The second-order valence-corrected chi connectivity index (χ2v) is 6.63. The molecular formula is C19H22NO3P. The van der Waals surface area contributed by atoms with E-state index < -0.39 is 12.0 Å². The van der Waals surface area contributed by atoms with Gasteiger partial charge < -0.3 is 10.1 Å². The minimum atomic E-state index is -0.702. The van der Waals surface area contributed by atoms with Crippen molar-refractivity contribution in [2.45, 2.75) is 31.7 Å². The third-order valence-corrected chi connectivity index (χ3v) is 3.82. The first-order valence-electron chi connectivity index (χ1n) is 7.86. The number of hydrogen-bond acceptors (Lipinski definition) is 3. The minimum Gasteiger partial charge on any atom is -0.459 e. The Morgan fingerprint density at radius 1 is 1.00 bits per heavy atom. The van der Waals surface area contributed by atoms with Gasteiger partial charge in [0.2, 0.25) is 5.91 Å². The molecule has 0 aliphatic rings. The van der Waals surface area contributed by atoms with Crippen LogP contribution in [0.2, 0.25) is 0 Å². The van der Waals surface area contributed by atoms with Crippen molar-refractivity contribution in [3.63, 3.8) is 0 Å². The average Bonchev–Trinajstić information content (AvgIpc) is 2.60. The molecule has 3 atom stereocenters. The lowest BCUT2D eigenvalue weighted by Gasteiger charge is -2.19. The van der Waals surface area contributed by atoms with E-state index in [1.807, 2.05) is 60.7 Å². The maximum atomic E-state index is 12.4. The molecule has 1 N–H and O–H groups in total. The molecule has 4 nitrogen and oxygen atoms in total. The molecule has 126 valence electrons. The molecule has 0 fully saturated rings. The number of rotatable bonds is 7. The van der Waals surface area contributed by atoms with Crippen molar-refractivity contribution < 1.29 is 14.3 Å². The third kappa shape index (κ3) is 5.78. The van der Waals surface area contributed by atoms with E-state index in [2.05, 4.69) is 14.6 Å². The lowest BCUT2D eigenvalue weighted by atomic mass is 10.1. The summed E-state index contributed by atoms with van der Waals surface area (Å²) in [4.78, 5) is 24.4. The zero-order chi connectivity index (χ0) is 17.4. The summed E-state index contributed by atoms with van der Waals surface area (Å²) in [6, 6.07) is 18.3. The maximum absolute atomic E-state index is 12.4. The van der Waals surface area contributed by atoms with Gasteiger partial charge in [-0.05, 0) is 11.1 Å². The molecule has 0 bridgehead atoms. The van der Waals surface area contributed by atoms with E-state index in [0.29, 0.717) is 6.42 Å². The van der Waals surface area contributed by atoms with Crippen LogP contribution in [0.4, 0.5) is 0 Å². The highest BCUT2D eigenvalue weighted by molar-refractivity contribution is 7.19. The van der Waals surface area contributed by atoms with Gasteiger partial charge in [0.25, 0.3) is 0 Å². The first kappa shape index (κ1) is 18.2. The Labute approximate surface area is 144 Å². The molecule has 0 heterocycles. The Morgan fingerprint density at radius 3 is 2.08 bits per heavy atom. The normalized spacial score (nSPS) is 12.9. The quantitative estimate of drug-likeness (QED) is 0.621. The van der Waals surface area contributed by atoms with Crippen LogP contribution in [0.3, 0.4) is 0 Å². The number of amides is 1. The Balaban J connectivity index is 2.03. The van der Waals surface area contributed by atoms with Crippen LogP contribution in [0.5, 0.6) is 0 Å². The Kier molecular flexibility index (Phi) is 6.95. The van der Waals surface area contributed by atoms with E-state index in [1.165, 1.54) is 0 Å². The van der Waals surface area contributed by atoms with Crippen LogP contribution in [0.15, 0.2) is 60.7 Å². The summed E-state index contributed by atoms with van der Waals surface area (Å²) in [5.74, 6) is -0.626. The van der Waals surface area contributed by atoms with Crippen LogP contribution in [-0.4, -0.2) is 23.6 Å². The summed E-state index contributed by atoms with van der Waals surface area (Å²) >= 11 is 0. The fourth-order valence-electron chi connectivity index (χ4n) is 2.18. The van der Waals surface area contributed by atoms with Gasteiger partial charge in [-0.2, -0.15) is 0 Å². The van der Waals surface area contributed by atoms with Crippen molar-refractivity contribution in [3.05, 3.63) is 71.8 Å². The summed E-state index contributed by atoms with van der Waals surface area (Å²) in [6.45, 7) is 1.95. The van der Waals surface area contributed by atoms with Crippen LogP contribution in [-0.2, 0) is 27.4 Å². The molecule has 2 rings (SSSR count).